The second-order valence-corrected chi connectivity index (χ2v) is 6.60. The Balaban J connectivity index is 0.00000196. The molecule has 1 aliphatic rings. The van der Waals surface area contributed by atoms with Crippen LogP contribution in [0.5, 0.6) is 0 Å². The molecular weight excluding hydrogens is 334 g/mol. The molecule has 3 nitrogen and oxygen atoms in total. The van der Waals surface area contributed by atoms with E-state index in [1.165, 1.54) is 18.6 Å². The average molecular weight is 360 g/mol. The van der Waals surface area contributed by atoms with E-state index in [-0.39, 0.29) is 14.3 Å². The Bertz CT molecular complexity index is 854. The molecular formula is C21H26F2N2O. The molecule has 0 saturated heterocycles. The molecule has 1 aliphatic carbocycles. The number of carbonyl (C=O) groups is 1. The molecule has 1 saturated carbocycles. The molecule has 1 amide bonds. The van der Waals surface area contributed by atoms with Gasteiger partial charge < -0.3 is 10.6 Å². The van der Waals surface area contributed by atoms with E-state index >= 15 is 0 Å². The first-order valence-electron chi connectivity index (χ1n) is 8.75. The quantitative estimate of drug-likeness (QED) is 0.704. The third-order valence-corrected chi connectivity index (χ3v) is 4.93. The summed E-state index contributed by atoms with van der Waals surface area (Å²) in [5, 5.41) is 5.93. The number of carbonyl (C=O) groups excluding carboxylic acids is 1. The molecule has 0 aromatic heterocycles. The van der Waals surface area contributed by atoms with Gasteiger partial charge in [-0.3, -0.25) is 4.79 Å². The van der Waals surface area contributed by atoms with Crippen LogP contribution in [-0.2, 0) is 4.79 Å². The topological polar surface area (TPSA) is 41.1 Å². The van der Waals surface area contributed by atoms with Gasteiger partial charge in [-0.1, -0.05) is 31.2 Å². The maximum Gasteiger partial charge on any atom is 0.251 e. The predicted molar refractivity (Wildman–Crippen MR) is 105 cm³/mol. The van der Waals surface area contributed by atoms with Crippen molar-refractivity contribution < 1.29 is 16.4 Å². The minimum absolute atomic E-state index is 0. The van der Waals surface area contributed by atoms with Crippen LogP contribution in [-0.4, -0.2) is 19.5 Å². The highest BCUT2D eigenvalue weighted by molar-refractivity contribution is 6.20. The van der Waals surface area contributed by atoms with Gasteiger partial charge in [0.1, 0.15) is 0 Å². The maximum atomic E-state index is 14.1. The molecule has 1 fully saturated rings. The van der Waals surface area contributed by atoms with Gasteiger partial charge in [0.2, 0.25) is 0 Å². The zero-order valence-corrected chi connectivity index (χ0v) is 14.7. The lowest BCUT2D eigenvalue weighted by Crippen LogP contribution is -2.32. The summed E-state index contributed by atoms with van der Waals surface area (Å²) in [6.07, 6.45) is 3.50. The van der Waals surface area contributed by atoms with Crippen LogP contribution in [0.2, 0.25) is 0 Å². The van der Waals surface area contributed by atoms with E-state index in [4.69, 9.17) is 0 Å². The van der Waals surface area contributed by atoms with E-state index in [0.717, 1.165) is 18.9 Å². The lowest BCUT2D eigenvalue weighted by molar-refractivity contribution is -0.115. The Morgan fingerprint density at radius 3 is 2.69 bits per heavy atom. The molecule has 0 atom stereocenters. The molecule has 0 radical (unpaired) electrons. The van der Waals surface area contributed by atoms with Crippen molar-refractivity contribution in [2.24, 2.45) is 5.92 Å². The second-order valence-electron chi connectivity index (χ2n) is 6.60. The van der Waals surface area contributed by atoms with Gasteiger partial charge in [-0.15, -0.1) is 0 Å². The molecule has 140 valence electrons. The third kappa shape index (κ3) is 3.62. The predicted octanol–water partition coefficient (Wildman–Crippen LogP) is 5.10. The van der Waals surface area contributed by atoms with E-state index in [2.05, 4.69) is 17.2 Å². The molecule has 2 aromatic rings. The zero-order valence-electron chi connectivity index (χ0n) is 14.7. The van der Waals surface area contributed by atoms with Gasteiger partial charge in [0.05, 0.1) is 0 Å². The number of halogens is 2. The first-order valence-corrected chi connectivity index (χ1v) is 8.75. The van der Waals surface area contributed by atoms with Crippen molar-refractivity contribution in [3.05, 3.63) is 60.2 Å². The van der Waals surface area contributed by atoms with Gasteiger partial charge in [0.15, 0.2) is 11.6 Å². The van der Waals surface area contributed by atoms with Crippen molar-refractivity contribution in [1.82, 2.24) is 5.32 Å². The summed E-state index contributed by atoms with van der Waals surface area (Å²) in [5.74, 6) is -1.51. The number of amides is 1. The smallest absolute Gasteiger partial charge is 0.251 e. The molecule has 26 heavy (non-hydrogen) atoms. The summed E-state index contributed by atoms with van der Waals surface area (Å²) in [4.78, 5) is 12.5. The third-order valence-electron chi connectivity index (χ3n) is 4.93. The van der Waals surface area contributed by atoms with E-state index in [9.17, 15) is 13.6 Å². The molecule has 2 N–H and O–H groups in total. The van der Waals surface area contributed by atoms with Gasteiger partial charge in [-0.25, -0.2) is 8.78 Å². The van der Waals surface area contributed by atoms with Crippen molar-refractivity contribution in [2.75, 3.05) is 18.9 Å². The Labute approximate surface area is 155 Å². The summed E-state index contributed by atoms with van der Waals surface area (Å²) in [5.41, 5.74) is 2.21. The van der Waals surface area contributed by atoms with Crippen molar-refractivity contribution in [1.29, 1.82) is 0 Å². The number of anilines is 1. The Morgan fingerprint density at radius 2 is 2.04 bits per heavy atom. The van der Waals surface area contributed by atoms with Crippen LogP contribution in [0, 0.1) is 17.6 Å². The van der Waals surface area contributed by atoms with Crippen LogP contribution in [0.3, 0.4) is 0 Å². The fraction of sp³-hybridized carbons (Fsp3) is 0.286. The van der Waals surface area contributed by atoms with E-state index in [0.29, 0.717) is 34.9 Å². The zero-order chi connectivity index (χ0) is 18.7. The van der Waals surface area contributed by atoms with Gasteiger partial charge >= 0.3 is 0 Å². The monoisotopic (exact) mass is 360 g/mol. The number of benzene rings is 2. The average Bonchev–Trinajstić information content (AvgIpc) is 2.61. The summed E-state index contributed by atoms with van der Waals surface area (Å²) in [6.45, 7) is 4.55. The van der Waals surface area contributed by atoms with Gasteiger partial charge in [-0.05, 0) is 42.5 Å². The molecule has 0 bridgehead atoms. The maximum absolute atomic E-state index is 14.1. The highest BCUT2D eigenvalue weighted by atomic mass is 19.2. The molecule has 5 heteroatoms. The fourth-order valence-corrected chi connectivity index (χ4v) is 3.07. The summed E-state index contributed by atoms with van der Waals surface area (Å²) < 4.78 is 27.7. The van der Waals surface area contributed by atoms with Crippen LogP contribution in [0.1, 0.15) is 27.7 Å². The largest absolute Gasteiger partial charge is 0.388 e. The van der Waals surface area contributed by atoms with E-state index < -0.39 is 11.6 Å². The van der Waals surface area contributed by atoms with Crippen LogP contribution in [0.25, 0.3) is 16.7 Å². The lowest BCUT2D eigenvalue weighted by Gasteiger charge is -2.25. The molecule has 0 aliphatic heterocycles. The standard InChI is InChI=1S/C21H22F2N2O.2H2/c1-13(21(26)25-12-14-5-3-6-14)17-11-15(9-10-19(17)24-2)16-7-4-8-18(22)20(16)23;;/h4,7-11,14,24H,1,3,5-6,12H2,2H3,(H,25,26);2*1H. The van der Waals surface area contributed by atoms with Gasteiger partial charge in [-0.2, -0.15) is 0 Å². The highest BCUT2D eigenvalue weighted by Gasteiger charge is 2.20. The molecule has 3 rings (SSSR count). The summed E-state index contributed by atoms with van der Waals surface area (Å²) >= 11 is 0. The summed E-state index contributed by atoms with van der Waals surface area (Å²) in [7, 11) is 1.74. The summed E-state index contributed by atoms with van der Waals surface area (Å²) in [6, 6.07) is 9.13. The van der Waals surface area contributed by atoms with E-state index in [1.54, 1.807) is 25.2 Å². The normalized spacial score (nSPS) is 13.8. The Kier molecular flexibility index (Phi) is 5.35. The highest BCUT2D eigenvalue weighted by Crippen LogP contribution is 2.31. The van der Waals surface area contributed by atoms with Crippen molar-refractivity contribution >= 4 is 17.2 Å². The SMILES string of the molecule is C=C(C(=O)NCC1CCC1)c1cc(-c2cccc(F)c2F)ccc1NC.[HH].[HH]. The van der Waals surface area contributed by atoms with Crippen LogP contribution in [0.15, 0.2) is 43.0 Å². The van der Waals surface area contributed by atoms with Gasteiger partial charge in [0, 0.05) is 38.8 Å². The number of nitrogens with one attached hydrogen (secondary N) is 2. The first kappa shape index (κ1) is 18.1. The number of hydrogen-bond donors (Lipinski definition) is 2. The van der Waals surface area contributed by atoms with Crippen LogP contribution >= 0.6 is 0 Å². The second kappa shape index (κ2) is 7.68. The lowest BCUT2D eigenvalue weighted by atomic mass is 9.85. The molecule has 0 unspecified atom stereocenters. The van der Waals surface area contributed by atoms with Crippen molar-refractivity contribution in [2.45, 2.75) is 19.3 Å². The van der Waals surface area contributed by atoms with Crippen molar-refractivity contribution in [3.63, 3.8) is 0 Å². The fourth-order valence-electron chi connectivity index (χ4n) is 3.07. The van der Waals surface area contributed by atoms with Crippen LogP contribution < -0.4 is 10.6 Å². The minimum atomic E-state index is -0.907. The number of rotatable bonds is 6. The van der Waals surface area contributed by atoms with Crippen molar-refractivity contribution in [3.8, 4) is 11.1 Å². The molecule has 0 spiro atoms. The molecule has 2 aromatic carbocycles. The van der Waals surface area contributed by atoms with Crippen LogP contribution in [0.4, 0.5) is 14.5 Å². The Morgan fingerprint density at radius 1 is 1.27 bits per heavy atom. The minimum Gasteiger partial charge on any atom is -0.388 e. The van der Waals surface area contributed by atoms with Gasteiger partial charge in [0.25, 0.3) is 5.91 Å². The van der Waals surface area contributed by atoms with E-state index in [1.807, 2.05) is 0 Å². The number of hydrogen-bond acceptors (Lipinski definition) is 2. The Hall–Kier alpha value is -2.69. The molecule has 0 heterocycles. The first-order chi connectivity index (χ1) is 12.5.